The van der Waals surface area contributed by atoms with Gasteiger partial charge in [-0.1, -0.05) is 35.0 Å². The van der Waals surface area contributed by atoms with Crippen LogP contribution < -0.4 is 15.8 Å². The summed E-state index contributed by atoms with van der Waals surface area (Å²) in [4.78, 5) is 0. The summed E-state index contributed by atoms with van der Waals surface area (Å²) >= 11 is 3.41. The fourth-order valence-corrected chi connectivity index (χ4v) is 2.45. The molecule has 0 bridgehead atoms. The van der Waals surface area contributed by atoms with Crippen LogP contribution in [0.15, 0.2) is 40.9 Å². The van der Waals surface area contributed by atoms with Crippen molar-refractivity contribution in [3.63, 3.8) is 0 Å². The molecule has 0 heterocycles. The molecule has 0 saturated carbocycles. The SMILES string of the molecule is CCc1ccc(OC)c(CNc2ccc(Br)cc2N)c1. The van der Waals surface area contributed by atoms with E-state index < -0.39 is 0 Å². The third kappa shape index (κ3) is 3.45. The first-order valence-corrected chi connectivity index (χ1v) is 7.38. The van der Waals surface area contributed by atoms with Crippen LogP contribution in [0.5, 0.6) is 5.75 Å². The van der Waals surface area contributed by atoms with E-state index >= 15 is 0 Å². The lowest BCUT2D eigenvalue weighted by atomic mass is 10.1. The van der Waals surface area contributed by atoms with E-state index in [-0.39, 0.29) is 0 Å². The van der Waals surface area contributed by atoms with Gasteiger partial charge >= 0.3 is 0 Å². The predicted molar refractivity (Wildman–Crippen MR) is 88.3 cm³/mol. The predicted octanol–water partition coefficient (Wildman–Crippen LogP) is 4.21. The zero-order valence-electron chi connectivity index (χ0n) is 11.7. The van der Waals surface area contributed by atoms with Crippen molar-refractivity contribution >= 4 is 27.3 Å². The minimum atomic E-state index is 0.683. The number of nitrogens with two attached hydrogens (primary N) is 1. The first-order chi connectivity index (χ1) is 9.63. The normalized spacial score (nSPS) is 10.3. The third-order valence-electron chi connectivity index (χ3n) is 3.24. The molecule has 20 heavy (non-hydrogen) atoms. The van der Waals surface area contributed by atoms with Gasteiger partial charge in [-0.25, -0.2) is 0 Å². The molecule has 0 unspecified atom stereocenters. The molecular weight excluding hydrogens is 316 g/mol. The lowest BCUT2D eigenvalue weighted by Gasteiger charge is -2.13. The largest absolute Gasteiger partial charge is 0.496 e. The molecule has 0 saturated heterocycles. The number of rotatable bonds is 5. The van der Waals surface area contributed by atoms with Crippen molar-refractivity contribution in [2.24, 2.45) is 0 Å². The molecule has 3 N–H and O–H groups in total. The highest BCUT2D eigenvalue weighted by Crippen LogP contribution is 2.26. The van der Waals surface area contributed by atoms with Gasteiger partial charge in [-0.05, 0) is 36.2 Å². The van der Waals surface area contributed by atoms with Gasteiger partial charge in [-0.2, -0.15) is 0 Å². The maximum atomic E-state index is 5.99. The summed E-state index contributed by atoms with van der Waals surface area (Å²) < 4.78 is 6.38. The second-order valence-corrected chi connectivity index (χ2v) is 5.50. The molecule has 0 atom stereocenters. The Kier molecular flexibility index (Phi) is 4.90. The smallest absolute Gasteiger partial charge is 0.123 e. The quantitative estimate of drug-likeness (QED) is 0.805. The number of hydrogen-bond donors (Lipinski definition) is 2. The average Bonchev–Trinajstić information content (AvgIpc) is 2.46. The fourth-order valence-electron chi connectivity index (χ4n) is 2.08. The van der Waals surface area contributed by atoms with Crippen LogP contribution in [-0.2, 0) is 13.0 Å². The molecule has 4 heteroatoms. The second-order valence-electron chi connectivity index (χ2n) is 4.58. The number of nitrogen functional groups attached to an aromatic ring is 1. The highest BCUT2D eigenvalue weighted by atomic mass is 79.9. The minimum Gasteiger partial charge on any atom is -0.496 e. The molecule has 0 aromatic heterocycles. The van der Waals surface area contributed by atoms with Gasteiger partial charge in [0.25, 0.3) is 0 Å². The lowest BCUT2D eigenvalue weighted by Crippen LogP contribution is -2.04. The van der Waals surface area contributed by atoms with Gasteiger partial charge in [0.05, 0.1) is 18.5 Å². The zero-order valence-corrected chi connectivity index (χ0v) is 13.3. The molecule has 0 radical (unpaired) electrons. The van der Waals surface area contributed by atoms with E-state index in [0.717, 1.165) is 33.6 Å². The van der Waals surface area contributed by atoms with Crippen molar-refractivity contribution in [2.75, 3.05) is 18.2 Å². The minimum absolute atomic E-state index is 0.683. The van der Waals surface area contributed by atoms with Crippen LogP contribution in [0.25, 0.3) is 0 Å². The van der Waals surface area contributed by atoms with Crippen molar-refractivity contribution < 1.29 is 4.74 Å². The van der Waals surface area contributed by atoms with Gasteiger partial charge in [0.2, 0.25) is 0 Å². The molecule has 2 rings (SSSR count). The molecular formula is C16H19BrN2O. The number of halogens is 1. The zero-order chi connectivity index (χ0) is 14.5. The topological polar surface area (TPSA) is 47.3 Å². The van der Waals surface area contributed by atoms with Gasteiger partial charge < -0.3 is 15.8 Å². The van der Waals surface area contributed by atoms with Crippen LogP contribution in [0.1, 0.15) is 18.1 Å². The van der Waals surface area contributed by atoms with Crippen LogP contribution in [0.2, 0.25) is 0 Å². The Labute approximate surface area is 128 Å². The van der Waals surface area contributed by atoms with E-state index in [9.17, 15) is 0 Å². The van der Waals surface area contributed by atoms with Crippen molar-refractivity contribution in [1.29, 1.82) is 0 Å². The van der Waals surface area contributed by atoms with E-state index in [4.69, 9.17) is 10.5 Å². The maximum absolute atomic E-state index is 5.99. The summed E-state index contributed by atoms with van der Waals surface area (Å²) in [5.74, 6) is 0.894. The summed E-state index contributed by atoms with van der Waals surface area (Å²) in [7, 11) is 1.69. The highest BCUT2D eigenvalue weighted by Gasteiger charge is 2.05. The molecule has 0 amide bonds. The Hall–Kier alpha value is -1.68. The Morgan fingerprint density at radius 2 is 2.00 bits per heavy atom. The van der Waals surface area contributed by atoms with E-state index in [0.29, 0.717) is 6.54 Å². The van der Waals surface area contributed by atoms with Gasteiger partial charge in [0.1, 0.15) is 5.75 Å². The lowest BCUT2D eigenvalue weighted by molar-refractivity contribution is 0.410. The second kappa shape index (κ2) is 6.66. The highest BCUT2D eigenvalue weighted by molar-refractivity contribution is 9.10. The summed E-state index contributed by atoms with van der Waals surface area (Å²) in [6, 6.07) is 12.1. The third-order valence-corrected chi connectivity index (χ3v) is 3.73. The molecule has 0 spiro atoms. The first-order valence-electron chi connectivity index (χ1n) is 6.58. The van der Waals surface area contributed by atoms with Crippen molar-refractivity contribution in [1.82, 2.24) is 0 Å². The Bertz CT molecular complexity index is 599. The first kappa shape index (κ1) is 14.7. The number of nitrogens with one attached hydrogen (secondary N) is 1. The maximum Gasteiger partial charge on any atom is 0.123 e. The molecule has 0 fully saturated rings. The van der Waals surface area contributed by atoms with Crippen molar-refractivity contribution in [3.8, 4) is 5.75 Å². The molecule has 106 valence electrons. The number of methoxy groups -OCH3 is 1. The Balaban J connectivity index is 2.17. The van der Waals surface area contributed by atoms with Gasteiger partial charge in [-0.3, -0.25) is 0 Å². The number of anilines is 2. The van der Waals surface area contributed by atoms with E-state index in [2.05, 4.69) is 40.3 Å². The molecule has 0 aliphatic heterocycles. The number of hydrogen-bond acceptors (Lipinski definition) is 3. The van der Waals surface area contributed by atoms with Crippen molar-refractivity contribution in [3.05, 3.63) is 52.0 Å². The van der Waals surface area contributed by atoms with Crippen molar-refractivity contribution in [2.45, 2.75) is 19.9 Å². The number of aryl methyl sites for hydroxylation is 1. The van der Waals surface area contributed by atoms with Gasteiger partial charge in [0.15, 0.2) is 0 Å². The summed E-state index contributed by atoms with van der Waals surface area (Å²) in [6.45, 7) is 2.83. The van der Waals surface area contributed by atoms with Crippen LogP contribution in [0.3, 0.4) is 0 Å². The van der Waals surface area contributed by atoms with Gasteiger partial charge in [0, 0.05) is 16.6 Å². The van der Waals surface area contributed by atoms with Crippen LogP contribution >= 0.6 is 15.9 Å². The number of benzene rings is 2. The molecule has 2 aromatic rings. The van der Waals surface area contributed by atoms with Crippen LogP contribution in [-0.4, -0.2) is 7.11 Å². The molecule has 0 aliphatic carbocycles. The molecule has 0 aliphatic rings. The Morgan fingerprint density at radius 1 is 1.20 bits per heavy atom. The monoisotopic (exact) mass is 334 g/mol. The number of ether oxygens (including phenoxy) is 1. The summed E-state index contributed by atoms with van der Waals surface area (Å²) in [5, 5.41) is 3.36. The fraction of sp³-hybridized carbons (Fsp3) is 0.250. The van der Waals surface area contributed by atoms with E-state index in [1.54, 1.807) is 7.11 Å². The average molecular weight is 335 g/mol. The Morgan fingerprint density at radius 3 is 2.65 bits per heavy atom. The van der Waals surface area contributed by atoms with Crippen LogP contribution in [0.4, 0.5) is 11.4 Å². The summed E-state index contributed by atoms with van der Waals surface area (Å²) in [6.07, 6.45) is 1.01. The molecule has 3 nitrogen and oxygen atoms in total. The van der Waals surface area contributed by atoms with E-state index in [1.807, 2.05) is 24.3 Å². The molecule has 2 aromatic carbocycles. The van der Waals surface area contributed by atoms with E-state index in [1.165, 1.54) is 5.56 Å². The van der Waals surface area contributed by atoms with Gasteiger partial charge in [-0.15, -0.1) is 0 Å². The summed E-state index contributed by atoms with van der Waals surface area (Å²) in [5.41, 5.74) is 10.1. The van der Waals surface area contributed by atoms with Crippen LogP contribution in [0, 0.1) is 0 Å². The standard InChI is InChI=1S/C16H19BrN2O/c1-3-11-4-7-16(20-2)12(8-11)10-19-15-6-5-13(17)9-14(15)18/h4-9,19H,3,10,18H2,1-2H3.